The first-order chi connectivity index (χ1) is 12.2. The molecule has 1 rings (SSSR count). The van der Waals surface area contributed by atoms with Crippen molar-refractivity contribution in [2.75, 3.05) is 13.9 Å². The molecular formula is C21H37NO2Sn. The van der Waals surface area contributed by atoms with E-state index in [0.29, 0.717) is 16.8 Å². The van der Waals surface area contributed by atoms with E-state index in [1.807, 2.05) is 0 Å². The number of methoxy groups -OCH3 is 1. The Morgan fingerprint density at radius 3 is 2.08 bits per heavy atom. The summed E-state index contributed by atoms with van der Waals surface area (Å²) >= 11 is -0.752. The van der Waals surface area contributed by atoms with Crippen molar-refractivity contribution < 1.29 is 9.47 Å². The summed E-state index contributed by atoms with van der Waals surface area (Å²) in [5, 5.41) is 0. The van der Waals surface area contributed by atoms with Crippen LogP contribution in [0.5, 0.6) is 0 Å². The first-order valence-electron chi connectivity index (χ1n) is 10.0. The summed E-state index contributed by atoms with van der Waals surface area (Å²) in [6.07, 6.45) is 12.2. The maximum atomic E-state index is 5.48. The maximum absolute atomic E-state index is 5.48. The molecule has 1 aromatic heterocycles. The molecule has 0 spiro atoms. The van der Waals surface area contributed by atoms with Gasteiger partial charge in [0, 0.05) is 0 Å². The number of hydrogen-bond acceptors (Lipinski definition) is 3. The summed E-state index contributed by atoms with van der Waals surface area (Å²) in [5.74, 6) is 0. The van der Waals surface area contributed by atoms with E-state index in [9.17, 15) is 0 Å². The SMILES string of the molecule is CCCC[C](CCCC)(CCCC)[Sn][c]1cccc(COCOC)n1. The summed E-state index contributed by atoms with van der Waals surface area (Å²) in [6.45, 7) is 7.84. The van der Waals surface area contributed by atoms with E-state index in [0.717, 1.165) is 5.69 Å². The fraction of sp³-hybridized carbons (Fsp3) is 0.762. The Morgan fingerprint density at radius 2 is 1.56 bits per heavy atom. The van der Waals surface area contributed by atoms with Gasteiger partial charge in [-0.1, -0.05) is 0 Å². The second-order valence-corrected chi connectivity index (χ2v) is 12.2. The second-order valence-electron chi connectivity index (χ2n) is 6.99. The van der Waals surface area contributed by atoms with E-state index in [4.69, 9.17) is 14.5 Å². The van der Waals surface area contributed by atoms with Crippen LogP contribution in [0.1, 0.15) is 84.3 Å². The number of unbranched alkanes of at least 4 members (excludes halogenated alkanes) is 3. The Balaban J connectivity index is 2.87. The molecular weight excluding hydrogens is 417 g/mol. The van der Waals surface area contributed by atoms with Crippen molar-refractivity contribution in [2.24, 2.45) is 0 Å². The van der Waals surface area contributed by atoms with Crippen LogP contribution in [0.3, 0.4) is 0 Å². The summed E-state index contributed by atoms with van der Waals surface area (Å²) in [6, 6.07) is 6.51. The van der Waals surface area contributed by atoms with Crippen LogP contribution in [-0.4, -0.2) is 40.0 Å². The van der Waals surface area contributed by atoms with Gasteiger partial charge in [-0.25, -0.2) is 0 Å². The zero-order chi connectivity index (χ0) is 18.4. The molecule has 0 unspecified atom stereocenters. The fourth-order valence-electron chi connectivity index (χ4n) is 3.24. The molecule has 2 radical (unpaired) electrons. The van der Waals surface area contributed by atoms with Crippen LogP contribution in [0.2, 0.25) is 3.43 Å². The minimum absolute atomic E-state index is 0.333. The number of rotatable bonds is 15. The van der Waals surface area contributed by atoms with Gasteiger partial charge in [0.05, 0.1) is 0 Å². The van der Waals surface area contributed by atoms with Crippen LogP contribution in [-0.2, 0) is 16.1 Å². The van der Waals surface area contributed by atoms with E-state index in [1.54, 1.807) is 7.11 Å². The van der Waals surface area contributed by atoms with E-state index in [-0.39, 0.29) is 0 Å². The van der Waals surface area contributed by atoms with Crippen molar-refractivity contribution in [3.05, 3.63) is 23.9 Å². The molecule has 0 bridgehead atoms. The molecule has 0 amide bonds. The van der Waals surface area contributed by atoms with Gasteiger partial charge >= 0.3 is 166 Å². The first-order valence-corrected chi connectivity index (χ1v) is 12.9. The molecule has 0 fully saturated rings. The van der Waals surface area contributed by atoms with Crippen LogP contribution < -0.4 is 3.71 Å². The molecule has 1 aromatic rings. The van der Waals surface area contributed by atoms with Crippen LogP contribution in [0, 0.1) is 0 Å². The number of aromatic nitrogens is 1. The quantitative estimate of drug-likeness (QED) is 0.206. The molecule has 0 aromatic carbocycles. The Labute approximate surface area is 165 Å². The third-order valence-electron chi connectivity index (χ3n) is 4.68. The van der Waals surface area contributed by atoms with Crippen molar-refractivity contribution in [3.63, 3.8) is 0 Å². The van der Waals surface area contributed by atoms with Crippen LogP contribution in [0.25, 0.3) is 0 Å². The van der Waals surface area contributed by atoms with Crippen molar-refractivity contribution in [1.29, 1.82) is 0 Å². The van der Waals surface area contributed by atoms with Gasteiger partial charge in [-0.15, -0.1) is 0 Å². The Hall–Kier alpha value is -0.131. The molecule has 0 saturated heterocycles. The average molecular weight is 454 g/mol. The van der Waals surface area contributed by atoms with Crippen LogP contribution >= 0.6 is 0 Å². The van der Waals surface area contributed by atoms with Gasteiger partial charge in [0.2, 0.25) is 0 Å². The number of pyridine rings is 1. The van der Waals surface area contributed by atoms with E-state index in [2.05, 4.69) is 39.0 Å². The van der Waals surface area contributed by atoms with Crippen molar-refractivity contribution in [1.82, 2.24) is 4.98 Å². The number of ether oxygens (including phenoxy) is 2. The van der Waals surface area contributed by atoms with Crippen LogP contribution in [0.4, 0.5) is 0 Å². The average Bonchev–Trinajstić information content (AvgIpc) is 2.63. The molecule has 25 heavy (non-hydrogen) atoms. The molecule has 3 nitrogen and oxygen atoms in total. The fourth-order valence-corrected chi connectivity index (χ4v) is 8.46. The van der Waals surface area contributed by atoms with E-state index >= 15 is 0 Å². The second kappa shape index (κ2) is 14.0. The minimum atomic E-state index is -0.752. The number of nitrogens with zero attached hydrogens (tertiary/aromatic N) is 1. The summed E-state index contributed by atoms with van der Waals surface area (Å²) in [5.41, 5.74) is 1.05. The Kier molecular flexibility index (Phi) is 12.8. The van der Waals surface area contributed by atoms with Gasteiger partial charge in [0.15, 0.2) is 0 Å². The molecule has 0 aliphatic carbocycles. The topological polar surface area (TPSA) is 31.4 Å². The summed E-state index contributed by atoms with van der Waals surface area (Å²) in [7, 11) is 1.65. The van der Waals surface area contributed by atoms with Crippen molar-refractivity contribution in [2.45, 2.75) is 88.6 Å². The zero-order valence-electron chi connectivity index (χ0n) is 16.8. The molecule has 1 heterocycles. The Morgan fingerprint density at radius 1 is 0.960 bits per heavy atom. The summed E-state index contributed by atoms with van der Waals surface area (Å²) in [4.78, 5) is 4.95. The normalized spacial score (nSPS) is 11.8. The third kappa shape index (κ3) is 9.39. The van der Waals surface area contributed by atoms with Gasteiger partial charge < -0.3 is 0 Å². The molecule has 0 aliphatic heterocycles. The van der Waals surface area contributed by atoms with Crippen molar-refractivity contribution >= 4 is 24.9 Å². The van der Waals surface area contributed by atoms with Gasteiger partial charge in [-0.05, 0) is 0 Å². The standard InChI is InChI=1S/C13H27.C8H10NO2.Sn/c1-4-7-10-13(11-8-5-2)12-9-6-3;1-10-7-11-6-8-4-2-3-5-9-8;/h4-12H2,1-3H3;2-4H,6-7H2,1H3;. The molecule has 4 heteroatoms. The van der Waals surface area contributed by atoms with Crippen LogP contribution in [0.15, 0.2) is 18.2 Å². The van der Waals surface area contributed by atoms with Gasteiger partial charge in [-0.2, -0.15) is 0 Å². The van der Waals surface area contributed by atoms with Gasteiger partial charge in [0.25, 0.3) is 0 Å². The number of hydrogen-bond donors (Lipinski definition) is 0. The van der Waals surface area contributed by atoms with E-state index in [1.165, 1.54) is 61.5 Å². The predicted octanol–water partition coefficient (Wildman–Crippen LogP) is 5.26. The molecule has 0 saturated carbocycles. The molecule has 0 atom stereocenters. The summed E-state index contributed by atoms with van der Waals surface area (Å²) < 4.78 is 12.4. The third-order valence-corrected chi connectivity index (χ3v) is 9.86. The van der Waals surface area contributed by atoms with Gasteiger partial charge in [-0.3, -0.25) is 0 Å². The van der Waals surface area contributed by atoms with E-state index < -0.39 is 21.1 Å². The van der Waals surface area contributed by atoms with Gasteiger partial charge in [0.1, 0.15) is 0 Å². The first kappa shape index (κ1) is 22.9. The zero-order valence-corrected chi connectivity index (χ0v) is 19.6. The predicted molar refractivity (Wildman–Crippen MR) is 108 cm³/mol. The molecule has 0 N–H and O–H groups in total. The molecule has 142 valence electrons. The Bertz CT molecular complexity index is 432. The monoisotopic (exact) mass is 455 g/mol. The van der Waals surface area contributed by atoms with Crippen molar-refractivity contribution in [3.8, 4) is 0 Å². The molecule has 0 aliphatic rings.